The van der Waals surface area contributed by atoms with Crippen LogP contribution in [0.15, 0.2) is 39.0 Å². The summed E-state index contributed by atoms with van der Waals surface area (Å²) < 4.78 is 1.34. The van der Waals surface area contributed by atoms with Gasteiger partial charge in [-0.3, -0.25) is 14.3 Å². The maximum atomic E-state index is 12.5. The van der Waals surface area contributed by atoms with Gasteiger partial charge < -0.3 is 15.4 Å². The number of benzene rings is 1. The van der Waals surface area contributed by atoms with Crippen molar-refractivity contribution in [1.82, 2.24) is 15.0 Å². The largest absolute Gasteiger partial charge is 0.494 e. The third-order valence-corrected chi connectivity index (χ3v) is 5.91. The highest BCUT2D eigenvalue weighted by Crippen LogP contribution is 2.32. The van der Waals surface area contributed by atoms with Crippen molar-refractivity contribution >= 4 is 11.4 Å². The lowest BCUT2D eigenvalue weighted by atomic mass is 9.95. The van der Waals surface area contributed by atoms with Crippen molar-refractivity contribution in [2.24, 2.45) is 5.10 Å². The number of aromatic hydroxyl groups is 1. The quantitative estimate of drug-likeness (QED) is 0.734. The van der Waals surface area contributed by atoms with Crippen LogP contribution in [0, 0.1) is 0 Å². The van der Waals surface area contributed by atoms with Gasteiger partial charge in [0.2, 0.25) is 5.88 Å². The molecule has 1 atom stereocenters. The number of anilines is 1. The Labute approximate surface area is 168 Å². The Bertz CT molecular complexity index is 1030. The van der Waals surface area contributed by atoms with E-state index in [9.17, 15) is 14.7 Å². The Hall–Kier alpha value is -3.03. The fraction of sp³-hybridized carbons (Fsp3) is 0.476. The zero-order valence-electron chi connectivity index (χ0n) is 16.8. The van der Waals surface area contributed by atoms with Gasteiger partial charge in [-0.1, -0.05) is 31.4 Å². The van der Waals surface area contributed by atoms with Gasteiger partial charge in [0.1, 0.15) is 5.56 Å². The molecule has 1 aromatic heterocycles. The minimum absolute atomic E-state index is 0.0869. The van der Waals surface area contributed by atoms with E-state index >= 15 is 0 Å². The van der Waals surface area contributed by atoms with E-state index in [1.807, 2.05) is 43.3 Å². The van der Waals surface area contributed by atoms with Crippen LogP contribution < -0.4 is 21.6 Å². The first-order valence-electron chi connectivity index (χ1n) is 10.1. The molecule has 1 saturated carbocycles. The summed E-state index contributed by atoms with van der Waals surface area (Å²) in [6.07, 6.45) is 5.26. The monoisotopic (exact) mass is 397 g/mol. The molecule has 0 saturated heterocycles. The van der Waals surface area contributed by atoms with Gasteiger partial charge in [-0.25, -0.2) is 4.79 Å². The van der Waals surface area contributed by atoms with Crippen LogP contribution >= 0.6 is 0 Å². The van der Waals surface area contributed by atoms with Crippen molar-refractivity contribution in [3.63, 3.8) is 0 Å². The predicted octanol–water partition coefficient (Wildman–Crippen LogP) is 2.25. The Kier molecular flexibility index (Phi) is 5.17. The van der Waals surface area contributed by atoms with Crippen molar-refractivity contribution in [2.45, 2.75) is 50.6 Å². The van der Waals surface area contributed by atoms with Crippen LogP contribution in [0.25, 0.3) is 0 Å². The molecule has 8 nitrogen and oxygen atoms in total. The van der Waals surface area contributed by atoms with Crippen molar-refractivity contribution < 1.29 is 5.11 Å². The number of hydrogen-bond donors (Lipinski definition) is 3. The second-order valence-corrected chi connectivity index (χ2v) is 8.05. The molecule has 1 aliphatic heterocycles. The van der Waals surface area contributed by atoms with E-state index in [0.717, 1.165) is 43.4 Å². The second kappa shape index (κ2) is 7.77. The van der Waals surface area contributed by atoms with E-state index in [2.05, 4.69) is 15.5 Å². The molecule has 0 amide bonds. The first kappa shape index (κ1) is 19.3. The molecule has 4 rings (SSSR count). The number of rotatable bonds is 4. The summed E-state index contributed by atoms with van der Waals surface area (Å²) >= 11 is 0. The third kappa shape index (κ3) is 3.66. The van der Waals surface area contributed by atoms with Crippen molar-refractivity contribution in [1.29, 1.82) is 0 Å². The van der Waals surface area contributed by atoms with Gasteiger partial charge in [-0.15, -0.1) is 0 Å². The van der Waals surface area contributed by atoms with Crippen LogP contribution in [0.3, 0.4) is 0 Å². The molecule has 8 heteroatoms. The highest BCUT2D eigenvalue weighted by molar-refractivity contribution is 6.03. The van der Waals surface area contributed by atoms with Crippen LogP contribution in [0.2, 0.25) is 0 Å². The average molecular weight is 397 g/mol. The van der Waals surface area contributed by atoms with Crippen molar-refractivity contribution in [3.8, 4) is 5.88 Å². The summed E-state index contributed by atoms with van der Waals surface area (Å²) in [4.78, 5) is 29.3. The van der Waals surface area contributed by atoms with Crippen LogP contribution in [-0.2, 0) is 0 Å². The molecule has 1 fully saturated rings. The van der Waals surface area contributed by atoms with E-state index in [1.165, 1.54) is 4.57 Å². The number of H-pyrrole nitrogens is 1. The zero-order valence-corrected chi connectivity index (χ0v) is 16.8. The average Bonchev–Trinajstić information content (AvgIpc) is 3.18. The fourth-order valence-electron chi connectivity index (χ4n) is 4.27. The lowest BCUT2D eigenvalue weighted by Gasteiger charge is -2.25. The Morgan fingerprint density at radius 1 is 1.10 bits per heavy atom. The standard InChI is InChI=1S/C21H27N5O3/c1-25(2)14-10-8-13(9-11-14)16-12-17(24-23-16)18-19(27)22-21(29)26(20(18)28)15-6-4-3-5-7-15/h8-11,15-16,23,28H,3-7,12H2,1-2H3,(H,22,27,29)/t16-/m1/s1. The predicted molar refractivity (Wildman–Crippen MR) is 113 cm³/mol. The molecule has 2 aliphatic rings. The number of nitrogens with one attached hydrogen (secondary N) is 2. The van der Waals surface area contributed by atoms with E-state index in [4.69, 9.17) is 0 Å². The van der Waals surface area contributed by atoms with Crippen LogP contribution in [0.5, 0.6) is 5.88 Å². The first-order chi connectivity index (χ1) is 14.0. The summed E-state index contributed by atoms with van der Waals surface area (Å²) in [5, 5.41) is 15.2. The molecule has 1 aliphatic carbocycles. The highest BCUT2D eigenvalue weighted by atomic mass is 16.3. The molecule has 1 aromatic carbocycles. The molecule has 3 N–H and O–H groups in total. The SMILES string of the molecule is CN(C)c1ccc([C@H]2CC(c3c(O)n(C4CCCCC4)c(=O)[nH]c3=O)=NN2)cc1. The third-order valence-electron chi connectivity index (χ3n) is 5.91. The van der Waals surface area contributed by atoms with Gasteiger partial charge in [0.15, 0.2) is 0 Å². The first-order valence-corrected chi connectivity index (χ1v) is 10.1. The number of nitrogens with zero attached hydrogens (tertiary/aromatic N) is 3. The van der Waals surface area contributed by atoms with Gasteiger partial charge in [-0.05, 0) is 30.5 Å². The molecule has 0 unspecified atom stereocenters. The van der Waals surface area contributed by atoms with Gasteiger partial charge >= 0.3 is 5.69 Å². The van der Waals surface area contributed by atoms with Gasteiger partial charge in [-0.2, -0.15) is 5.10 Å². The Morgan fingerprint density at radius 3 is 2.45 bits per heavy atom. The Morgan fingerprint density at radius 2 is 1.79 bits per heavy atom. The maximum absolute atomic E-state index is 12.5. The van der Waals surface area contributed by atoms with Crippen molar-refractivity contribution in [3.05, 3.63) is 56.2 Å². The molecular weight excluding hydrogens is 370 g/mol. The molecular formula is C21H27N5O3. The van der Waals surface area contributed by atoms with Crippen molar-refractivity contribution in [2.75, 3.05) is 19.0 Å². The summed E-state index contributed by atoms with van der Waals surface area (Å²) in [6, 6.07) is 7.94. The lowest BCUT2D eigenvalue weighted by molar-refractivity contribution is 0.298. The smallest absolute Gasteiger partial charge is 0.331 e. The molecule has 0 bridgehead atoms. The molecule has 2 aromatic rings. The molecule has 154 valence electrons. The minimum Gasteiger partial charge on any atom is -0.494 e. The summed E-state index contributed by atoms with van der Waals surface area (Å²) in [5.74, 6) is -0.269. The van der Waals surface area contributed by atoms with Crippen LogP contribution in [0.4, 0.5) is 5.69 Å². The number of hydrogen-bond acceptors (Lipinski definition) is 6. The summed E-state index contributed by atoms with van der Waals surface area (Å²) in [7, 11) is 3.97. The van der Waals surface area contributed by atoms with E-state index in [1.54, 1.807) is 0 Å². The molecule has 0 radical (unpaired) electrons. The van der Waals surface area contributed by atoms with E-state index in [-0.39, 0.29) is 23.5 Å². The highest BCUT2D eigenvalue weighted by Gasteiger charge is 2.29. The van der Waals surface area contributed by atoms with Crippen LogP contribution in [0.1, 0.15) is 61.7 Å². The zero-order chi connectivity index (χ0) is 20.5. The maximum Gasteiger partial charge on any atom is 0.331 e. The Balaban J connectivity index is 1.62. The summed E-state index contributed by atoms with van der Waals surface area (Å²) in [5.41, 5.74) is 4.62. The topological polar surface area (TPSA) is 103 Å². The van der Waals surface area contributed by atoms with Crippen LogP contribution in [-0.4, -0.2) is 34.5 Å². The summed E-state index contributed by atoms with van der Waals surface area (Å²) in [6.45, 7) is 0. The fourth-order valence-corrected chi connectivity index (χ4v) is 4.27. The number of aromatic nitrogens is 2. The van der Waals surface area contributed by atoms with E-state index in [0.29, 0.717) is 12.1 Å². The number of aromatic amines is 1. The molecule has 0 spiro atoms. The van der Waals surface area contributed by atoms with Gasteiger partial charge in [0, 0.05) is 32.2 Å². The minimum atomic E-state index is -0.594. The van der Waals surface area contributed by atoms with Gasteiger partial charge in [0.05, 0.1) is 11.8 Å². The normalized spacial score (nSPS) is 19.7. The molecule has 2 heterocycles. The van der Waals surface area contributed by atoms with Gasteiger partial charge in [0.25, 0.3) is 5.56 Å². The number of hydrazone groups is 1. The lowest BCUT2D eigenvalue weighted by Crippen LogP contribution is -2.36. The van der Waals surface area contributed by atoms with E-state index < -0.39 is 11.2 Å². The second-order valence-electron chi connectivity index (χ2n) is 8.05. The molecule has 29 heavy (non-hydrogen) atoms.